The van der Waals surface area contributed by atoms with E-state index in [1.54, 1.807) is 17.8 Å². The molecule has 3 N–H and O–H groups in total. The average Bonchev–Trinajstić information content (AvgIpc) is 3.17. The molecule has 0 radical (unpaired) electrons. The Morgan fingerprint density at radius 3 is 2.72 bits per heavy atom. The lowest BCUT2D eigenvalue weighted by Crippen LogP contribution is -2.36. The van der Waals surface area contributed by atoms with Gasteiger partial charge in [-0.05, 0) is 18.6 Å². The molecule has 2 heterocycles. The number of ketones is 1. The summed E-state index contributed by atoms with van der Waals surface area (Å²) in [6, 6.07) is 7.39. The Morgan fingerprint density at radius 2 is 2.03 bits per heavy atom. The lowest BCUT2D eigenvalue weighted by atomic mass is 10.2. The van der Waals surface area contributed by atoms with Crippen LogP contribution in [-0.4, -0.2) is 43.0 Å². The maximum absolute atomic E-state index is 12.8. The fourth-order valence-corrected chi connectivity index (χ4v) is 4.04. The molecular formula is C21H24N6O4S. The van der Waals surface area contributed by atoms with Gasteiger partial charge in [0.15, 0.2) is 16.8 Å². The number of para-hydroxylation sites is 1. The van der Waals surface area contributed by atoms with E-state index in [1.807, 2.05) is 31.2 Å². The van der Waals surface area contributed by atoms with Crippen LogP contribution < -0.4 is 21.7 Å². The second-order valence-electron chi connectivity index (χ2n) is 6.79. The highest BCUT2D eigenvalue weighted by Crippen LogP contribution is 2.31. The van der Waals surface area contributed by atoms with E-state index in [0.29, 0.717) is 36.2 Å². The van der Waals surface area contributed by atoms with Crippen LogP contribution >= 0.6 is 11.8 Å². The third kappa shape index (κ3) is 4.52. The molecule has 0 aliphatic heterocycles. The van der Waals surface area contributed by atoms with Crippen LogP contribution in [0.25, 0.3) is 11.4 Å². The van der Waals surface area contributed by atoms with Gasteiger partial charge in [0.2, 0.25) is 0 Å². The van der Waals surface area contributed by atoms with Gasteiger partial charge in [-0.15, -0.1) is 16.8 Å². The summed E-state index contributed by atoms with van der Waals surface area (Å²) in [6.07, 6.45) is 2.31. The van der Waals surface area contributed by atoms with Gasteiger partial charge in [0, 0.05) is 13.1 Å². The van der Waals surface area contributed by atoms with Gasteiger partial charge >= 0.3 is 5.69 Å². The summed E-state index contributed by atoms with van der Waals surface area (Å²) >= 11 is 1.12. The number of anilines is 1. The molecule has 11 heteroatoms. The van der Waals surface area contributed by atoms with Crippen LogP contribution in [0.4, 0.5) is 5.82 Å². The fraction of sp³-hybridized carbons (Fsp3) is 0.286. The zero-order chi connectivity index (χ0) is 23.3. The highest BCUT2D eigenvalue weighted by Gasteiger charge is 2.22. The van der Waals surface area contributed by atoms with E-state index in [4.69, 9.17) is 10.5 Å². The first-order valence-corrected chi connectivity index (χ1v) is 10.9. The number of nitrogens with one attached hydrogen (secondary N) is 1. The molecular weight excluding hydrogens is 432 g/mol. The molecule has 168 valence electrons. The van der Waals surface area contributed by atoms with Gasteiger partial charge in [-0.25, -0.2) is 4.79 Å². The number of hydrogen-bond acceptors (Lipinski definition) is 8. The van der Waals surface area contributed by atoms with Crippen LogP contribution in [0, 0.1) is 0 Å². The van der Waals surface area contributed by atoms with Crippen LogP contribution in [0.15, 0.2) is 51.7 Å². The van der Waals surface area contributed by atoms with Crippen molar-refractivity contribution in [1.29, 1.82) is 0 Å². The smallest absolute Gasteiger partial charge is 0.329 e. The summed E-state index contributed by atoms with van der Waals surface area (Å²) in [7, 11) is 1.57. The molecule has 0 fully saturated rings. The van der Waals surface area contributed by atoms with Crippen LogP contribution in [0.3, 0.4) is 0 Å². The van der Waals surface area contributed by atoms with E-state index >= 15 is 0 Å². The molecule has 0 unspecified atom stereocenters. The van der Waals surface area contributed by atoms with Crippen LogP contribution in [0.1, 0.15) is 23.7 Å². The molecule has 0 aliphatic rings. The minimum Gasteiger partial charge on any atom is -0.496 e. The lowest BCUT2D eigenvalue weighted by molar-refractivity contribution is 0.102. The summed E-state index contributed by atoms with van der Waals surface area (Å²) in [4.78, 5) is 39.2. The number of H-pyrrole nitrogens is 1. The third-order valence-corrected chi connectivity index (χ3v) is 5.64. The number of nitrogens with zero attached hydrogens (tertiary/aromatic N) is 4. The molecule has 0 spiro atoms. The van der Waals surface area contributed by atoms with Gasteiger partial charge in [-0.3, -0.25) is 23.7 Å². The number of thioether (sulfide) groups is 1. The highest BCUT2D eigenvalue weighted by molar-refractivity contribution is 7.99. The van der Waals surface area contributed by atoms with Gasteiger partial charge in [0.25, 0.3) is 5.56 Å². The second kappa shape index (κ2) is 10.1. The topological polar surface area (TPSA) is 138 Å². The molecule has 3 rings (SSSR count). The normalized spacial score (nSPS) is 10.8. The van der Waals surface area contributed by atoms with Crippen LogP contribution in [-0.2, 0) is 13.1 Å². The third-order valence-electron chi connectivity index (χ3n) is 4.67. The average molecular weight is 457 g/mol. The Bertz CT molecular complexity index is 1260. The first kappa shape index (κ1) is 23.1. The predicted octanol–water partition coefficient (Wildman–Crippen LogP) is 1.96. The van der Waals surface area contributed by atoms with Gasteiger partial charge in [0.1, 0.15) is 17.1 Å². The Balaban J connectivity index is 1.91. The standard InChI is InChI=1S/C21H24N6O4S/c1-4-10-26-17(22)16(19(29)23-20(26)30)14(28)12-32-21-25-24-18(27(21)11-5-2)13-8-6-7-9-15(13)31-3/h5-9H,2,4,10-12,22H2,1,3H3,(H,23,29,30). The number of carbonyl (C=O) groups is 1. The van der Waals surface area contributed by atoms with Crippen molar-refractivity contribution in [1.82, 2.24) is 24.3 Å². The quantitative estimate of drug-likeness (QED) is 0.268. The fourth-order valence-electron chi connectivity index (χ4n) is 3.22. The maximum Gasteiger partial charge on any atom is 0.329 e. The Hall–Kier alpha value is -3.60. The minimum absolute atomic E-state index is 0.112. The highest BCUT2D eigenvalue weighted by atomic mass is 32.2. The van der Waals surface area contributed by atoms with Crippen molar-refractivity contribution in [3.05, 3.63) is 63.3 Å². The van der Waals surface area contributed by atoms with E-state index in [0.717, 1.165) is 17.3 Å². The largest absolute Gasteiger partial charge is 0.496 e. The number of carbonyl (C=O) groups excluding carboxylic acids is 1. The SMILES string of the molecule is C=CCn1c(SCC(=O)c2c(N)n(CCC)c(=O)[nH]c2=O)nnc1-c1ccccc1OC. The molecule has 32 heavy (non-hydrogen) atoms. The van der Waals surface area contributed by atoms with Gasteiger partial charge in [-0.2, -0.15) is 0 Å². The van der Waals surface area contributed by atoms with Gasteiger partial charge < -0.3 is 10.5 Å². The van der Waals surface area contributed by atoms with Crippen molar-refractivity contribution in [2.75, 3.05) is 18.6 Å². The van der Waals surface area contributed by atoms with E-state index in [9.17, 15) is 14.4 Å². The summed E-state index contributed by atoms with van der Waals surface area (Å²) < 4.78 is 8.41. The van der Waals surface area contributed by atoms with Crippen molar-refractivity contribution in [3.63, 3.8) is 0 Å². The molecule has 0 amide bonds. The molecule has 0 atom stereocenters. The number of nitrogen functional groups attached to an aromatic ring is 1. The van der Waals surface area contributed by atoms with E-state index in [-0.39, 0.29) is 17.1 Å². The summed E-state index contributed by atoms with van der Waals surface area (Å²) in [5, 5.41) is 8.94. The Kier molecular flexibility index (Phi) is 7.31. The zero-order valence-electron chi connectivity index (χ0n) is 17.8. The molecule has 3 aromatic rings. The molecule has 2 aromatic heterocycles. The van der Waals surface area contributed by atoms with Crippen LogP contribution in [0.2, 0.25) is 0 Å². The van der Waals surface area contributed by atoms with Crippen molar-refractivity contribution in [3.8, 4) is 17.1 Å². The molecule has 0 bridgehead atoms. The van der Waals surface area contributed by atoms with Gasteiger partial charge in [-0.1, -0.05) is 36.9 Å². The first-order chi connectivity index (χ1) is 15.4. The van der Waals surface area contributed by atoms with Crippen molar-refractivity contribution < 1.29 is 9.53 Å². The molecule has 0 saturated heterocycles. The summed E-state index contributed by atoms with van der Waals surface area (Å²) in [6.45, 7) is 6.34. The monoisotopic (exact) mass is 456 g/mol. The number of ether oxygens (including phenoxy) is 1. The Morgan fingerprint density at radius 1 is 1.28 bits per heavy atom. The lowest BCUT2D eigenvalue weighted by Gasteiger charge is -2.12. The summed E-state index contributed by atoms with van der Waals surface area (Å²) in [5.74, 6) is 0.444. The molecule has 0 saturated carbocycles. The number of aromatic amines is 1. The number of Topliss-reactive ketones (excluding diaryl/α,β-unsaturated/α-hetero) is 1. The Labute approximate surface area is 188 Å². The maximum atomic E-state index is 12.8. The molecule has 10 nitrogen and oxygen atoms in total. The number of rotatable bonds is 10. The van der Waals surface area contributed by atoms with Gasteiger partial charge in [0.05, 0.1) is 18.4 Å². The van der Waals surface area contributed by atoms with E-state index in [2.05, 4.69) is 21.8 Å². The molecule has 1 aromatic carbocycles. The first-order valence-electron chi connectivity index (χ1n) is 9.88. The van der Waals surface area contributed by atoms with Crippen LogP contribution in [0.5, 0.6) is 5.75 Å². The minimum atomic E-state index is -0.798. The zero-order valence-corrected chi connectivity index (χ0v) is 18.6. The number of nitrogens with two attached hydrogens (primary N) is 1. The number of allylic oxidation sites excluding steroid dienone is 1. The van der Waals surface area contributed by atoms with E-state index in [1.165, 1.54) is 4.57 Å². The number of aromatic nitrogens is 5. The molecule has 0 aliphatic carbocycles. The van der Waals surface area contributed by atoms with Crippen molar-refractivity contribution in [2.45, 2.75) is 31.6 Å². The number of benzene rings is 1. The predicted molar refractivity (Wildman–Crippen MR) is 123 cm³/mol. The van der Waals surface area contributed by atoms with E-state index < -0.39 is 17.0 Å². The van der Waals surface area contributed by atoms with Crippen molar-refractivity contribution >= 4 is 23.4 Å². The number of hydrogen-bond donors (Lipinski definition) is 2. The number of methoxy groups -OCH3 is 1. The second-order valence-corrected chi connectivity index (χ2v) is 7.73. The summed E-state index contributed by atoms with van der Waals surface area (Å²) in [5.41, 5.74) is 5.07. The van der Waals surface area contributed by atoms with Crippen molar-refractivity contribution in [2.24, 2.45) is 0 Å².